The van der Waals surface area contributed by atoms with Crippen LogP contribution in [0.2, 0.25) is 0 Å². The van der Waals surface area contributed by atoms with Gasteiger partial charge in [-0.2, -0.15) is 0 Å². The van der Waals surface area contributed by atoms with Crippen LogP contribution in [0, 0.1) is 6.92 Å². The van der Waals surface area contributed by atoms with E-state index < -0.39 is 0 Å². The lowest BCUT2D eigenvalue weighted by atomic mass is 10.0. The Bertz CT molecular complexity index is 378. The second-order valence-corrected chi connectivity index (χ2v) is 7.32. The van der Waals surface area contributed by atoms with Crippen molar-refractivity contribution in [3.63, 3.8) is 0 Å². The van der Waals surface area contributed by atoms with E-state index in [0.717, 1.165) is 26.2 Å². The second-order valence-electron chi connectivity index (χ2n) is 6.70. The molecule has 0 fully saturated rings. The minimum absolute atomic E-state index is 0.797. The van der Waals surface area contributed by atoms with Gasteiger partial charge in [0.2, 0.25) is 0 Å². The maximum atomic E-state index is 5.57. The highest BCUT2D eigenvalue weighted by Crippen LogP contribution is 2.12. The van der Waals surface area contributed by atoms with Crippen LogP contribution >= 0.6 is 23.0 Å². The molecule has 0 atom stereocenters. The van der Waals surface area contributed by atoms with Crippen molar-refractivity contribution in [3.05, 3.63) is 35.4 Å². The van der Waals surface area contributed by atoms with Crippen LogP contribution in [0.5, 0.6) is 0 Å². The molecule has 138 valence electrons. The van der Waals surface area contributed by atoms with Gasteiger partial charge in [0.05, 0.1) is 6.61 Å². The molecule has 0 bridgehead atoms. The molecule has 24 heavy (non-hydrogen) atoms. The molecule has 0 N–H and O–H groups in total. The first-order valence-corrected chi connectivity index (χ1v) is 10.6. The van der Waals surface area contributed by atoms with E-state index in [1.54, 1.807) is 0 Å². The van der Waals surface area contributed by atoms with Gasteiger partial charge in [0.25, 0.3) is 0 Å². The van der Waals surface area contributed by atoms with Crippen LogP contribution in [0.1, 0.15) is 75.3 Å². The molecular formula is C21H35IO2. The number of ether oxygens (including phenoxy) is 1. The molecule has 0 amide bonds. The van der Waals surface area contributed by atoms with Crippen LogP contribution in [-0.2, 0) is 14.2 Å². The van der Waals surface area contributed by atoms with Gasteiger partial charge in [-0.1, -0.05) is 74.8 Å². The molecule has 0 spiro atoms. The van der Waals surface area contributed by atoms with Crippen LogP contribution in [0.25, 0.3) is 0 Å². The number of benzene rings is 1. The minimum Gasteiger partial charge on any atom is -0.381 e. The largest absolute Gasteiger partial charge is 0.381 e. The number of unbranched alkanes of at least 4 members (excludes halogenated alkanes) is 8. The summed E-state index contributed by atoms with van der Waals surface area (Å²) in [4.78, 5) is 0. The molecule has 0 aliphatic carbocycles. The summed E-state index contributed by atoms with van der Waals surface area (Å²) in [5.41, 5.74) is 2.85. The van der Waals surface area contributed by atoms with Gasteiger partial charge in [0.15, 0.2) is 0 Å². The first-order valence-electron chi connectivity index (χ1n) is 9.70. The zero-order valence-electron chi connectivity index (χ0n) is 15.4. The molecule has 1 aromatic rings. The number of hydrogen-bond donors (Lipinski definition) is 0. The summed E-state index contributed by atoms with van der Waals surface area (Å²) in [6.07, 6.45) is 14.4. The van der Waals surface area contributed by atoms with Crippen molar-refractivity contribution in [1.82, 2.24) is 0 Å². The first kappa shape index (κ1) is 21.9. The van der Waals surface area contributed by atoms with Crippen molar-refractivity contribution in [1.29, 1.82) is 0 Å². The van der Waals surface area contributed by atoms with Crippen LogP contribution in [-0.4, -0.2) is 19.8 Å². The Labute approximate surface area is 163 Å². The van der Waals surface area contributed by atoms with Gasteiger partial charge in [0, 0.05) is 13.2 Å². The Balaban J connectivity index is 1.75. The summed E-state index contributed by atoms with van der Waals surface area (Å²) in [5.74, 6) is 0. The van der Waals surface area contributed by atoms with Gasteiger partial charge >= 0.3 is 0 Å². The van der Waals surface area contributed by atoms with Crippen LogP contribution in [0.3, 0.4) is 0 Å². The molecule has 0 aliphatic rings. The van der Waals surface area contributed by atoms with Gasteiger partial charge in [-0.25, -0.2) is 0 Å². The van der Waals surface area contributed by atoms with Gasteiger partial charge in [-0.3, -0.25) is 0 Å². The smallest absolute Gasteiger partial charge is 0.109 e. The highest BCUT2D eigenvalue weighted by Gasteiger charge is 1.96. The van der Waals surface area contributed by atoms with Gasteiger partial charge in [-0.15, -0.1) is 0 Å². The maximum Gasteiger partial charge on any atom is 0.109 e. The van der Waals surface area contributed by atoms with Crippen LogP contribution in [0.4, 0.5) is 0 Å². The number of rotatable bonds is 16. The average Bonchev–Trinajstić information content (AvgIpc) is 2.60. The van der Waals surface area contributed by atoms with Gasteiger partial charge < -0.3 is 7.80 Å². The fourth-order valence-electron chi connectivity index (χ4n) is 2.84. The third-order valence-electron chi connectivity index (χ3n) is 4.38. The molecule has 2 nitrogen and oxygen atoms in total. The van der Waals surface area contributed by atoms with E-state index in [4.69, 9.17) is 7.80 Å². The summed E-state index contributed by atoms with van der Waals surface area (Å²) in [7, 11) is 0. The molecule has 1 rings (SSSR count). The zero-order chi connectivity index (χ0) is 17.3. The Morgan fingerprint density at radius 3 is 1.83 bits per heavy atom. The second kappa shape index (κ2) is 16.3. The molecule has 0 radical (unpaired) electrons. The third kappa shape index (κ3) is 13.2. The Morgan fingerprint density at radius 1 is 0.667 bits per heavy atom. The molecule has 0 unspecified atom stereocenters. The fourth-order valence-corrected chi connectivity index (χ4v) is 3.15. The quantitative estimate of drug-likeness (QED) is 0.205. The maximum absolute atomic E-state index is 5.57. The SMILES string of the molecule is Cc1ccc(CCCCCCCCCCCOCCCOI)cc1. The highest BCUT2D eigenvalue weighted by atomic mass is 127. The molecule has 0 saturated heterocycles. The number of hydrogen-bond acceptors (Lipinski definition) is 2. The van der Waals surface area contributed by atoms with Crippen molar-refractivity contribution in [2.24, 2.45) is 0 Å². The van der Waals surface area contributed by atoms with Crippen molar-refractivity contribution in [2.45, 2.75) is 77.6 Å². The van der Waals surface area contributed by atoms with Gasteiger partial charge in [-0.05, 0) is 38.2 Å². The summed E-state index contributed by atoms with van der Waals surface area (Å²) in [5, 5.41) is 0. The summed E-state index contributed by atoms with van der Waals surface area (Å²) >= 11 is 1.93. The minimum atomic E-state index is 0.797. The van der Waals surface area contributed by atoms with E-state index in [9.17, 15) is 0 Å². The molecule has 0 saturated carbocycles. The summed E-state index contributed by atoms with van der Waals surface area (Å²) in [6, 6.07) is 8.99. The standard InChI is InChI=1S/C21H35IO2/c1-20-13-15-21(16-14-20)12-9-7-5-3-2-4-6-8-10-17-23-18-11-19-24-22/h13-16H,2-12,17-19H2,1H3. The predicted molar refractivity (Wildman–Crippen MR) is 112 cm³/mol. The lowest BCUT2D eigenvalue weighted by Crippen LogP contribution is -1.99. The van der Waals surface area contributed by atoms with Crippen molar-refractivity contribution >= 4 is 23.0 Å². The molecule has 3 heteroatoms. The Morgan fingerprint density at radius 2 is 1.21 bits per heavy atom. The lowest BCUT2D eigenvalue weighted by Gasteiger charge is -2.05. The van der Waals surface area contributed by atoms with Crippen LogP contribution < -0.4 is 0 Å². The zero-order valence-corrected chi connectivity index (χ0v) is 17.6. The van der Waals surface area contributed by atoms with E-state index in [2.05, 4.69) is 31.2 Å². The van der Waals surface area contributed by atoms with E-state index in [0.29, 0.717) is 0 Å². The summed E-state index contributed by atoms with van der Waals surface area (Å²) in [6.45, 7) is 4.71. The van der Waals surface area contributed by atoms with E-state index in [-0.39, 0.29) is 0 Å². The molecule has 0 aromatic heterocycles. The fraction of sp³-hybridized carbons (Fsp3) is 0.714. The third-order valence-corrected chi connectivity index (χ3v) is 4.83. The highest BCUT2D eigenvalue weighted by molar-refractivity contribution is 14.1. The molecule has 0 aliphatic heterocycles. The molecule has 1 aromatic carbocycles. The lowest BCUT2D eigenvalue weighted by molar-refractivity contribution is 0.120. The number of aryl methyl sites for hydroxylation is 2. The van der Waals surface area contributed by atoms with Crippen molar-refractivity contribution < 1.29 is 7.80 Å². The summed E-state index contributed by atoms with van der Waals surface area (Å²) < 4.78 is 10.5. The Hall–Kier alpha value is -0.130. The average molecular weight is 446 g/mol. The Kier molecular flexibility index (Phi) is 14.9. The molecule has 0 heterocycles. The first-order chi connectivity index (χ1) is 11.8. The van der Waals surface area contributed by atoms with E-state index in [1.165, 1.54) is 75.3 Å². The predicted octanol–water partition coefficient (Wildman–Crippen LogP) is 6.82. The van der Waals surface area contributed by atoms with E-state index >= 15 is 0 Å². The topological polar surface area (TPSA) is 18.5 Å². The van der Waals surface area contributed by atoms with Gasteiger partial charge in [0.1, 0.15) is 23.0 Å². The normalized spacial score (nSPS) is 11.1. The van der Waals surface area contributed by atoms with E-state index in [1.807, 2.05) is 23.0 Å². The molecular weight excluding hydrogens is 411 g/mol. The van der Waals surface area contributed by atoms with Crippen molar-refractivity contribution in [3.8, 4) is 0 Å². The number of halogens is 1. The van der Waals surface area contributed by atoms with Crippen LogP contribution in [0.15, 0.2) is 24.3 Å². The van der Waals surface area contributed by atoms with Crippen molar-refractivity contribution in [2.75, 3.05) is 19.8 Å². The monoisotopic (exact) mass is 446 g/mol.